The predicted molar refractivity (Wildman–Crippen MR) is 127 cm³/mol. The van der Waals surface area contributed by atoms with Gasteiger partial charge in [0, 0.05) is 22.7 Å². The second-order valence-electron chi connectivity index (χ2n) is 8.59. The minimum absolute atomic E-state index is 0.258. The fourth-order valence-electron chi connectivity index (χ4n) is 4.74. The molecule has 164 valence electrons. The maximum Gasteiger partial charge on any atom is 0.264 e. The van der Waals surface area contributed by atoms with Gasteiger partial charge in [0.1, 0.15) is 0 Å². The highest BCUT2D eigenvalue weighted by Crippen LogP contribution is 2.44. The third kappa shape index (κ3) is 3.96. The number of nitrogens with zero attached hydrogens (tertiary/aromatic N) is 1. The van der Waals surface area contributed by atoms with Gasteiger partial charge < -0.3 is 10.0 Å². The molecule has 3 aromatic rings. The van der Waals surface area contributed by atoms with Crippen molar-refractivity contribution >= 4 is 29.0 Å². The molecule has 0 bridgehead atoms. The Morgan fingerprint density at radius 3 is 2.31 bits per heavy atom. The van der Waals surface area contributed by atoms with Gasteiger partial charge in [0.15, 0.2) is 11.4 Å². The Morgan fingerprint density at radius 1 is 1.00 bits per heavy atom. The van der Waals surface area contributed by atoms with Crippen LogP contribution >= 0.6 is 11.6 Å². The molecule has 1 amide bonds. The average Bonchev–Trinajstić information content (AvgIpc) is 2.93. The largest absolute Gasteiger partial charge is 0.375 e. The van der Waals surface area contributed by atoms with Crippen LogP contribution in [-0.4, -0.2) is 23.3 Å². The van der Waals surface area contributed by atoms with Crippen molar-refractivity contribution in [3.63, 3.8) is 0 Å². The smallest absolute Gasteiger partial charge is 0.264 e. The number of Topliss-reactive ketones (excluding diaryl/α,β-unsaturated/α-hetero) is 1. The van der Waals surface area contributed by atoms with Crippen molar-refractivity contribution in [2.45, 2.75) is 39.2 Å². The predicted octanol–water partition coefficient (Wildman–Crippen LogP) is 5.32. The van der Waals surface area contributed by atoms with Crippen LogP contribution in [0.1, 0.15) is 44.6 Å². The number of carbonyl (C=O) groups is 2. The highest BCUT2D eigenvalue weighted by Gasteiger charge is 2.51. The number of amides is 1. The average molecular weight is 448 g/mol. The molecule has 1 heterocycles. The third-order valence-electron chi connectivity index (χ3n) is 6.13. The van der Waals surface area contributed by atoms with E-state index in [1.54, 1.807) is 23.1 Å². The van der Waals surface area contributed by atoms with Crippen LogP contribution < -0.4 is 4.90 Å². The number of aliphatic hydroxyl groups is 1. The molecule has 1 atom stereocenters. The first kappa shape index (κ1) is 22.3. The first-order chi connectivity index (χ1) is 15.2. The summed E-state index contributed by atoms with van der Waals surface area (Å²) in [5.74, 6) is -0.742. The zero-order chi connectivity index (χ0) is 23.0. The van der Waals surface area contributed by atoms with Crippen LogP contribution in [0.2, 0.25) is 5.02 Å². The summed E-state index contributed by atoms with van der Waals surface area (Å²) in [6.07, 6.45) is 0.306. The Kier molecular flexibility index (Phi) is 5.93. The number of fused-ring (bicyclic) bond motifs is 1. The zero-order valence-corrected chi connectivity index (χ0v) is 19.2. The molecule has 1 aliphatic rings. The van der Waals surface area contributed by atoms with E-state index < -0.39 is 11.5 Å². The van der Waals surface area contributed by atoms with Gasteiger partial charge in [0.05, 0.1) is 12.1 Å². The van der Waals surface area contributed by atoms with Gasteiger partial charge in [-0.1, -0.05) is 59.6 Å². The van der Waals surface area contributed by atoms with E-state index in [1.807, 2.05) is 63.2 Å². The van der Waals surface area contributed by atoms with E-state index in [-0.39, 0.29) is 12.2 Å². The van der Waals surface area contributed by atoms with Gasteiger partial charge in [-0.2, -0.15) is 0 Å². The van der Waals surface area contributed by atoms with E-state index in [2.05, 4.69) is 0 Å². The van der Waals surface area contributed by atoms with Crippen molar-refractivity contribution in [2.75, 3.05) is 11.4 Å². The number of aryl methyl sites for hydroxylation is 3. The first-order valence-corrected chi connectivity index (χ1v) is 11.1. The summed E-state index contributed by atoms with van der Waals surface area (Å²) in [4.78, 5) is 28.4. The van der Waals surface area contributed by atoms with E-state index in [4.69, 9.17) is 11.6 Å². The fraction of sp³-hybridized carbons (Fsp3) is 0.259. The Morgan fingerprint density at radius 2 is 1.66 bits per heavy atom. The maximum atomic E-state index is 13.5. The molecule has 0 spiro atoms. The summed E-state index contributed by atoms with van der Waals surface area (Å²) >= 11 is 6.21. The number of benzene rings is 3. The lowest BCUT2D eigenvalue weighted by Crippen LogP contribution is -2.42. The molecule has 0 saturated heterocycles. The Hall–Kier alpha value is -2.95. The van der Waals surface area contributed by atoms with Crippen molar-refractivity contribution in [1.82, 2.24) is 0 Å². The molecule has 0 fully saturated rings. The maximum absolute atomic E-state index is 13.5. The summed E-state index contributed by atoms with van der Waals surface area (Å²) in [6, 6.07) is 18.8. The van der Waals surface area contributed by atoms with Gasteiger partial charge >= 0.3 is 0 Å². The summed E-state index contributed by atoms with van der Waals surface area (Å²) < 4.78 is 0. The first-order valence-electron chi connectivity index (χ1n) is 10.7. The molecule has 5 heteroatoms. The highest BCUT2D eigenvalue weighted by molar-refractivity contribution is 6.31. The zero-order valence-electron chi connectivity index (χ0n) is 18.5. The van der Waals surface area contributed by atoms with Gasteiger partial charge in [-0.3, -0.25) is 9.59 Å². The molecule has 0 radical (unpaired) electrons. The van der Waals surface area contributed by atoms with Crippen LogP contribution in [0.5, 0.6) is 0 Å². The number of anilines is 1. The molecule has 0 saturated carbocycles. The second kappa shape index (κ2) is 8.53. The lowest BCUT2D eigenvalue weighted by molar-refractivity contribution is -0.135. The molecular formula is C27H26ClNO3. The number of hydrogen-bond donors (Lipinski definition) is 1. The minimum atomic E-state index is -1.95. The number of ketones is 1. The molecule has 1 N–H and O–H groups in total. The van der Waals surface area contributed by atoms with E-state index in [9.17, 15) is 14.7 Å². The van der Waals surface area contributed by atoms with Crippen LogP contribution in [0.4, 0.5) is 5.69 Å². The standard InChI is InChI=1S/C27H26ClNO3/c1-17-13-18(2)25(19(3)14-17)24(30)16-27(32)22-15-21(28)9-10-23(22)29(26(27)31)12-11-20-7-5-4-6-8-20/h4-10,13-15,32H,11-12,16H2,1-3H3/t27-/m0/s1. The van der Waals surface area contributed by atoms with Crippen molar-refractivity contribution in [1.29, 1.82) is 0 Å². The van der Waals surface area contributed by atoms with Crippen molar-refractivity contribution < 1.29 is 14.7 Å². The lowest BCUT2D eigenvalue weighted by Gasteiger charge is -2.23. The highest BCUT2D eigenvalue weighted by atomic mass is 35.5. The molecule has 3 aromatic carbocycles. The van der Waals surface area contributed by atoms with Gasteiger partial charge in [-0.05, 0) is 62.1 Å². The number of rotatable bonds is 6. The summed E-state index contributed by atoms with van der Waals surface area (Å²) in [6.45, 7) is 6.14. The van der Waals surface area contributed by atoms with Gasteiger partial charge in [-0.15, -0.1) is 0 Å². The molecule has 0 aromatic heterocycles. The number of hydrogen-bond acceptors (Lipinski definition) is 3. The van der Waals surface area contributed by atoms with Crippen molar-refractivity contribution in [3.8, 4) is 0 Å². The quantitative estimate of drug-likeness (QED) is 0.520. The summed E-state index contributed by atoms with van der Waals surface area (Å²) in [5, 5.41) is 12.0. The summed E-state index contributed by atoms with van der Waals surface area (Å²) in [5.41, 5.74) is 3.44. The third-order valence-corrected chi connectivity index (χ3v) is 6.37. The number of halogens is 1. The summed E-state index contributed by atoms with van der Waals surface area (Å²) in [7, 11) is 0. The van der Waals surface area contributed by atoms with Gasteiger partial charge in [0.25, 0.3) is 5.91 Å². The van der Waals surface area contributed by atoms with Crippen molar-refractivity contribution in [2.24, 2.45) is 0 Å². The van der Waals surface area contributed by atoms with Crippen molar-refractivity contribution in [3.05, 3.63) is 99.1 Å². The van der Waals surface area contributed by atoms with Gasteiger partial charge in [-0.25, -0.2) is 0 Å². The van der Waals surface area contributed by atoms with Gasteiger partial charge in [0.2, 0.25) is 0 Å². The van der Waals surface area contributed by atoms with Crippen LogP contribution in [0.15, 0.2) is 60.7 Å². The fourth-order valence-corrected chi connectivity index (χ4v) is 4.91. The Balaban J connectivity index is 1.68. The normalized spacial score (nSPS) is 17.5. The van der Waals surface area contributed by atoms with Crippen LogP contribution in [0.3, 0.4) is 0 Å². The topological polar surface area (TPSA) is 57.6 Å². The Bertz CT molecular complexity index is 1180. The molecule has 4 rings (SSSR count). The van der Waals surface area contributed by atoms with Crippen LogP contribution in [-0.2, 0) is 16.8 Å². The molecule has 0 unspecified atom stereocenters. The molecule has 32 heavy (non-hydrogen) atoms. The molecular weight excluding hydrogens is 422 g/mol. The lowest BCUT2D eigenvalue weighted by atomic mass is 9.85. The minimum Gasteiger partial charge on any atom is -0.375 e. The van der Waals surface area contributed by atoms with Crippen LogP contribution in [0, 0.1) is 20.8 Å². The van der Waals surface area contributed by atoms with E-state index >= 15 is 0 Å². The van der Waals surface area contributed by atoms with Crippen LogP contribution in [0.25, 0.3) is 0 Å². The molecule has 1 aliphatic heterocycles. The molecule has 0 aliphatic carbocycles. The second-order valence-corrected chi connectivity index (χ2v) is 9.02. The monoisotopic (exact) mass is 447 g/mol. The Labute approximate surface area is 193 Å². The van der Waals surface area contributed by atoms with E-state index in [0.717, 1.165) is 22.3 Å². The number of carbonyl (C=O) groups excluding carboxylic acids is 2. The molecule has 4 nitrogen and oxygen atoms in total. The van der Waals surface area contributed by atoms with E-state index in [1.165, 1.54) is 0 Å². The van der Waals surface area contributed by atoms with E-state index in [0.29, 0.717) is 34.8 Å². The SMILES string of the molecule is Cc1cc(C)c(C(=O)C[C@@]2(O)C(=O)N(CCc3ccccc3)c3ccc(Cl)cc32)c(C)c1.